The number of benzene rings is 1. The summed E-state index contributed by atoms with van der Waals surface area (Å²) in [5.74, 6) is 0. The van der Waals surface area contributed by atoms with Crippen LogP contribution in [0.4, 0.5) is 5.69 Å². The number of anilines is 1. The van der Waals surface area contributed by atoms with Crippen LogP contribution in [-0.4, -0.2) is 44.2 Å². The molecule has 0 bridgehead atoms. The Morgan fingerprint density at radius 2 is 2.07 bits per heavy atom. The quantitative estimate of drug-likeness (QED) is 0.267. The van der Waals surface area contributed by atoms with Crippen molar-refractivity contribution in [1.82, 2.24) is 19.9 Å². The molecule has 0 spiro atoms. The van der Waals surface area contributed by atoms with Gasteiger partial charge in [-0.15, -0.1) is 0 Å². The molecule has 8 heteroatoms. The van der Waals surface area contributed by atoms with Gasteiger partial charge in [0.05, 0.1) is 0 Å². The molecule has 0 aliphatic carbocycles. The Kier molecular flexibility index (Phi) is 6.74. The second-order valence-corrected chi connectivity index (χ2v) is 10.3. The third-order valence-corrected chi connectivity index (χ3v) is 7.74. The fourth-order valence-corrected chi connectivity index (χ4v) is 5.96. The number of aliphatic hydroxyl groups excluding tert-OH is 1. The molecule has 2 aromatic heterocycles. The van der Waals surface area contributed by atoms with Crippen molar-refractivity contribution in [3.05, 3.63) is 56.5 Å². The predicted molar refractivity (Wildman–Crippen MR) is 112 cm³/mol. The van der Waals surface area contributed by atoms with Crippen LogP contribution in [0.1, 0.15) is 29.7 Å². The maximum absolute atomic E-state index is 9.51. The molecule has 154 valence electrons. The first kappa shape index (κ1) is 20.6. The van der Waals surface area contributed by atoms with Gasteiger partial charge >= 0.3 is 187 Å². The SMILES string of the molecule is Cc1cc(C)cc(N[I-]c2nccc(-c3nc(CN4CCC[C@H]4CO)cs3)n2)c1. The van der Waals surface area contributed by atoms with Gasteiger partial charge in [0.25, 0.3) is 0 Å². The molecule has 4 rings (SSSR count). The Morgan fingerprint density at radius 3 is 2.86 bits per heavy atom. The Labute approximate surface area is 186 Å². The molecule has 3 heterocycles. The molecular formula is C21H25IN5OS-. The Hall–Kier alpha value is -1.62. The summed E-state index contributed by atoms with van der Waals surface area (Å²) >= 11 is 1.09. The molecule has 1 atom stereocenters. The van der Waals surface area contributed by atoms with Crippen molar-refractivity contribution in [1.29, 1.82) is 0 Å². The van der Waals surface area contributed by atoms with Gasteiger partial charge in [-0.3, -0.25) is 0 Å². The number of aryl methyl sites for hydroxylation is 2. The first-order valence-electron chi connectivity index (χ1n) is 9.71. The second-order valence-electron chi connectivity index (χ2n) is 7.37. The van der Waals surface area contributed by atoms with Crippen LogP contribution in [0.15, 0.2) is 35.8 Å². The summed E-state index contributed by atoms with van der Waals surface area (Å²) in [4.78, 5) is 16.3. The van der Waals surface area contributed by atoms with Gasteiger partial charge in [0, 0.05) is 0 Å². The molecule has 2 N–H and O–H groups in total. The molecule has 0 radical (unpaired) electrons. The minimum atomic E-state index is -0.531. The van der Waals surface area contributed by atoms with Gasteiger partial charge < -0.3 is 0 Å². The summed E-state index contributed by atoms with van der Waals surface area (Å²) in [6.07, 6.45) is 4.04. The molecular weight excluding hydrogens is 497 g/mol. The molecule has 0 amide bonds. The summed E-state index contributed by atoms with van der Waals surface area (Å²) in [7, 11) is 0. The number of thiazole rings is 1. The average Bonchev–Trinajstić information content (AvgIpc) is 3.35. The van der Waals surface area contributed by atoms with Crippen LogP contribution in [0.25, 0.3) is 10.7 Å². The van der Waals surface area contributed by atoms with Crippen LogP contribution in [0.3, 0.4) is 0 Å². The van der Waals surface area contributed by atoms with Crippen LogP contribution in [0, 0.1) is 17.7 Å². The van der Waals surface area contributed by atoms with Gasteiger partial charge in [0.15, 0.2) is 0 Å². The molecule has 0 unspecified atom stereocenters. The number of hydrogen-bond acceptors (Lipinski definition) is 7. The Balaban J connectivity index is 1.42. The average molecular weight is 522 g/mol. The van der Waals surface area contributed by atoms with Crippen molar-refractivity contribution in [2.75, 3.05) is 16.7 Å². The summed E-state index contributed by atoms with van der Waals surface area (Å²) < 4.78 is 4.38. The number of hydrogen-bond donors (Lipinski definition) is 2. The zero-order valence-corrected chi connectivity index (χ0v) is 19.6. The number of aromatic nitrogens is 3. The maximum atomic E-state index is 9.51. The fraction of sp³-hybridized carbons (Fsp3) is 0.381. The summed E-state index contributed by atoms with van der Waals surface area (Å²) in [5, 5.41) is 12.5. The van der Waals surface area contributed by atoms with E-state index in [1.807, 2.05) is 12.3 Å². The van der Waals surface area contributed by atoms with Crippen LogP contribution in [-0.2, 0) is 6.54 Å². The standard InChI is InChI=1S/C21H25IN5OS/c1-14-8-15(2)10-16(9-14)26-22-21-23-6-5-19(25-21)20-24-17(13-29-20)11-27-7-3-4-18(27)12-28/h5-6,8-10,13,18,26,28H,3-4,7,11-12H2,1-2H3/q-1/t18-/m0/s1. The van der Waals surface area contributed by atoms with E-state index in [0.29, 0.717) is 0 Å². The van der Waals surface area contributed by atoms with Gasteiger partial charge in [-0.2, -0.15) is 0 Å². The zero-order valence-electron chi connectivity index (χ0n) is 16.6. The topological polar surface area (TPSA) is 74.2 Å². The molecule has 1 aliphatic heterocycles. The van der Waals surface area contributed by atoms with E-state index in [1.165, 1.54) is 11.1 Å². The molecule has 29 heavy (non-hydrogen) atoms. The number of nitrogens with zero attached hydrogens (tertiary/aromatic N) is 4. The number of halogens is 1. The fourth-order valence-electron chi connectivity index (χ4n) is 3.64. The Morgan fingerprint density at radius 1 is 1.24 bits per heavy atom. The van der Waals surface area contributed by atoms with Crippen molar-refractivity contribution in [3.8, 4) is 10.7 Å². The van der Waals surface area contributed by atoms with Crippen LogP contribution in [0.2, 0.25) is 0 Å². The molecule has 1 fully saturated rings. The van der Waals surface area contributed by atoms with Gasteiger partial charge in [-0.25, -0.2) is 0 Å². The number of rotatable bonds is 7. The van der Waals surface area contributed by atoms with E-state index in [0.717, 1.165) is 51.8 Å². The van der Waals surface area contributed by atoms with Crippen molar-refractivity contribution >= 4 is 17.0 Å². The van der Waals surface area contributed by atoms with E-state index in [1.54, 1.807) is 11.3 Å². The molecule has 1 aromatic carbocycles. The van der Waals surface area contributed by atoms with Gasteiger partial charge in [-0.05, 0) is 0 Å². The van der Waals surface area contributed by atoms with Crippen molar-refractivity contribution in [2.45, 2.75) is 39.3 Å². The van der Waals surface area contributed by atoms with Crippen molar-refractivity contribution in [3.63, 3.8) is 0 Å². The third kappa shape index (κ3) is 5.30. The number of aliphatic hydroxyl groups is 1. The summed E-state index contributed by atoms with van der Waals surface area (Å²) in [5.41, 5.74) is 5.57. The molecule has 6 nitrogen and oxygen atoms in total. The first-order valence-corrected chi connectivity index (χ1v) is 12.8. The molecule has 1 aliphatic rings. The molecule has 3 aromatic rings. The summed E-state index contributed by atoms with van der Waals surface area (Å²) in [6, 6.07) is 8.68. The van der Waals surface area contributed by atoms with E-state index in [2.05, 4.69) is 50.8 Å². The molecule has 1 saturated heterocycles. The number of nitrogens with one attached hydrogen (secondary N) is 1. The molecule has 0 saturated carbocycles. The third-order valence-electron chi connectivity index (χ3n) is 4.93. The zero-order chi connectivity index (χ0) is 20.2. The van der Waals surface area contributed by atoms with E-state index in [-0.39, 0.29) is 12.6 Å². The predicted octanol–water partition coefficient (Wildman–Crippen LogP) is 0.459. The second kappa shape index (κ2) is 9.46. The van der Waals surface area contributed by atoms with Crippen LogP contribution < -0.4 is 25.0 Å². The van der Waals surface area contributed by atoms with E-state index in [4.69, 9.17) is 9.97 Å². The monoisotopic (exact) mass is 522 g/mol. The summed E-state index contributed by atoms with van der Waals surface area (Å²) in [6.45, 7) is 6.27. The van der Waals surface area contributed by atoms with Crippen molar-refractivity contribution in [2.24, 2.45) is 0 Å². The Bertz CT molecular complexity index is 959. The van der Waals surface area contributed by atoms with Crippen LogP contribution >= 0.6 is 11.3 Å². The van der Waals surface area contributed by atoms with Gasteiger partial charge in [0.2, 0.25) is 0 Å². The van der Waals surface area contributed by atoms with E-state index < -0.39 is 21.5 Å². The minimum absolute atomic E-state index is 0.226. The normalized spacial score (nSPS) is 17.1. The van der Waals surface area contributed by atoms with Crippen LogP contribution in [0.5, 0.6) is 0 Å². The van der Waals surface area contributed by atoms with Crippen molar-refractivity contribution < 1.29 is 26.6 Å². The van der Waals surface area contributed by atoms with E-state index >= 15 is 0 Å². The van der Waals surface area contributed by atoms with Gasteiger partial charge in [0.1, 0.15) is 0 Å². The number of likely N-dealkylation sites (tertiary alicyclic amines) is 1. The van der Waals surface area contributed by atoms with E-state index in [9.17, 15) is 5.11 Å². The first-order chi connectivity index (χ1) is 14.1. The van der Waals surface area contributed by atoms with Gasteiger partial charge in [-0.1, -0.05) is 0 Å².